The topological polar surface area (TPSA) is 261 Å². The van der Waals surface area contributed by atoms with Gasteiger partial charge in [0.15, 0.2) is 0 Å². The molecule has 6 amide bonds. The van der Waals surface area contributed by atoms with Crippen molar-refractivity contribution in [3.05, 3.63) is 35.9 Å². The normalized spacial score (nSPS) is 16.4. The average Bonchev–Trinajstić information content (AvgIpc) is 3.87. The van der Waals surface area contributed by atoms with E-state index in [1.165, 1.54) is 24.1 Å². The second-order valence-corrected chi connectivity index (χ2v) is 19.8. The summed E-state index contributed by atoms with van der Waals surface area (Å²) in [6, 6.07) is 5.25. The number of aliphatic carboxylic acids is 1. The Morgan fingerprint density at radius 3 is 2.00 bits per heavy atom. The first-order chi connectivity index (χ1) is 35.8. The number of rotatable bonds is 37. The summed E-state index contributed by atoms with van der Waals surface area (Å²) >= 11 is 0. The zero-order valence-corrected chi connectivity index (χ0v) is 46.4. The summed E-state index contributed by atoms with van der Waals surface area (Å²) in [6.07, 6.45) is 1.40. The van der Waals surface area contributed by atoms with Crippen molar-refractivity contribution >= 4 is 48.4 Å². The Hall–Kier alpha value is -5.26. The molecule has 1 heterocycles. The van der Waals surface area contributed by atoms with Crippen molar-refractivity contribution in [1.29, 1.82) is 0 Å². The number of ether oxygens (including phenoxy) is 6. The molecule has 0 unspecified atom stereocenters. The van der Waals surface area contributed by atoms with E-state index >= 15 is 0 Å². The Balaban J connectivity index is 1.98. The van der Waals surface area contributed by atoms with Gasteiger partial charge in [-0.1, -0.05) is 71.4 Å². The Bertz CT molecular complexity index is 1870. The van der Waals surface area contributed by atoms with Crippen molar-refractivity contribution in [3.8, 4) is 0 Å². The summed E-state index contributed by atoms with van der Waals surface area (Å²) in [5.74, 6) is -3.69. The average molecular weight is 1060 g/mol. The van der Waals surface area contributed by atoms with Crippen molar-refractivity contribution in [2.24, 2.45) is 23.7 Å². The highest BCUT2D eigenvalue weighted by atomic mass is 16.6. The van der Waals surface area contributed by atoms with Crippen LogP contribution in [0.15, 0.2) is 30.3 Å². The summed E-state index contributed by atoms with van der Waals surface area (Å²) in [4.78, 5) is 107. The van der Waals surface area contributed by atoms with Gasteiger partial charge in [0.05, 0.1) is 88.9 Å². The Morgan fingerprint density at radius 1 is 0.840 bits per heavy atom. The molecule has 0 aromatic heterocycles. The number of hydrogen-bond donors (Lipinski definition) is 4. The number of carbonyl (C=O) groups is 8. The molecule has 426 valence electrons. The molecule has 0 radical (unpaired) electrons. The molecule has 8 atom stereocenters. The van der Waals surface area contributed by atoms with Gasteiger partial charge < -0.3 is 63.6 Å². The molecule has 1 aliphatic rings. The lowest BCUT2D eigenvalue weighted by atomic mass is 9.90. The van der Waals surface area contributed by atoms with Gasteiger partial charge in [0.1, 0.15) is 18.6 Å². The highest BCUT2D eigenvalue weighted by molar-refractivity contribution is 5.86. The summed E-state index contributed by atoms with van der Waals surface area (Å²) < 4.78 is 33.8. The summed E-state index contributed by atoms with van der Waals surface area (Å²) in [7, 11) is 6.45. The van der Waals surface area contributed by atoms with Crippen molar-refractivity contribution in [2.75, 3.05) is 94.2 Å². The monoisotopic (exact) mass is 1060 g/mol. The number of likely N-dealkylation sites (N-methyl/N-ethyl adjacent to an activating group) is 2. The first kappa shape index (κ1) is 65.9. The molecule has 2 rings (SSSR count). The molecule has 0 saturated carbocycles. The van der Waals surface area contributed by atoms with E-state index in [1.807, 2.05) is 45.7 Å². The number of carbonyl (C=O) groups excluding carboxylic acids is 7. The second-order valence-electron chi connectivity index (χ2n) is 19.8. The van der Waals surface area contributed by atoms with Gasteiger partial charge >= 0.3 is 18.1 Å². The lowest BCUT2D eigenvalue weighted by molar-refractivity contribution is -0.145. The molecular weight excluding hydrogens is 975 g/mol. The summed E-state index contributed by atoms with van der Waals surface area (Å²) in [5, 5.41) is 16.5. The van der Waals surface area contributed by atoms with Crippen molar-refractivity contribution in [2.45, 2.75) is 136 Å². The maximum Gasteiger partial charge on any atom is 0.407 e. The maximum absolute atomic E-state index is 14.5. The number of aldehydes is 2. The van der Waals surface area contributed by atoms with Crippen LogP contribution in [-0.4, -0.2) is 210 Å². The van der Waals surface area contributed by atoms with Crippen LogP contribution in [0.25, 0.3) is 0 Å². The van der Waals surface area contributed by atoms with Crippen molar-refractivity contribution in [1.82, 2.24) is 35.8 Å². The van der Waals surface area contributed by atoms with E-state index in [9.17, 15) is 43.5 Å². The number of benzene rings is 1. The predicted molar refractivity (Wildman–Crippen MR) is 279 cm³/mol. The quantitative estimate of drug-likeness (QED) is 0.0422. The van der Waals surface area contributed by atoms with Crippen molar-refractivity contribution < 1.29 is 71.9 Å². The van der Waals surface area contributed by atoms with Crippen LogP contribution in [0.1, 0.15) is 92.6 Å². The van der Waals surface area contributed by atoms with Crippen LogP contribution in [-0.2, 0) is 63.6 Å². The number of urea groups is 1. The smallest absolute Gasteiger partial charge is 0.407 e. The minimum absolute atomic E-state index is 0.0312. The molecule has 1 aliphatic heterocycles. The van der Waals surface area contributed by atoms with Crippen molar-refractivity contribution in [3.63, 3.8) is 0 Å². The Morgan fingerprint density at radius 2 is 1.45 bits per heavy atom. The van der Waals surface area contributed by atoms with Crippen LogP contribution >= 0.6 is 0 Å². The van der Waals surface area contributed by atoms with Gasteiger partial charge in [-0.3, -0.25) is 24.7 Å². The van der Waals surface area contributed by atoms with E-state index in [2.05, 4.69) is 16.1 Å². The lowest BCUT2D eigenvalue weighted by Crippen LogP contribution is -2.62. The standard InChI is InChI=1S/C53H89N7O15/c1-12-38(6)47(44(70-10)34-45(63)59-23-16-19-43(59)48(71-11)39(7)49(64)55-42(51(66)67)33-40-17-14-13-15-18-40)58(9)53(69)60(37(4)5)56-50(65)46(36(2)3)57(8)24-28-73-30-32-74-31-29-72-27-22-54-52(68)75-35-41(20-25-61)21-26-62/h13-15,17-18,25-26,36-39,41-44,46-48H,12,16,19-24,27-35H2,1-11H3,(H,54,68)(H,55,64)(H,56,65)(H,66,67)/t38-,39+,42-,43-,44+,46-,47-,48+/m0/s1. The number of nitrogens with one attached hydrogen (secondary N) is 3. The first-order valence-corrected chi connectivity index (χ1v) is 26.3. The van der Waals surface area contributed by atoms with Gasteiger partial charge in [-0.25, -0.2) is 19.4 Å². The molecule has 75 heavy (non-hydrogen) atoms. The maximum atomic E-state index is 14.5. The van der Waals surface area contributed by atoms with Gasteiger partial charge in [0.2, 0.25) is 11.8 Å². The summed E-state index contributed by atoms with van der Waals surface area (Å²) in [5.41, 5.74) is 3.66. The second kappa shape index (κ2) is 35.9. The van der Waals surface area contributed by atoms with Gasteiger partial charge in [0.25, 0.3) is 5.91 Å². The third-order valence-corrected chi connectivity index (χ3v) is 13.6. The molecule has 1 fully saturated rings. The van der Waals surface area contributed by atoms with Gasteiger partial charge in [-0.15, -0.1) is 0 Å². The molecule has 1 aromatic carbocycles. The number of alkyl carbamates (subject to hydrolysis) is 1. The van der Waals surface area contributed by atoms with Crippen LogP contribution in [0.5, 0.6) is 0 Å². The van der Waals surface area contributed by atoms with Crippen LogP contribution in [0.3, 0.4) is 0 Å². The van der Waals surface area contributed by atoms with Gasteiger partial charge in [0, 0.05) is 72.1 Å². The third kappa shape index (κ3) is 22.5. The fourth-order valence-electron chi connectivity index (χ4n) is 9.27. The molecule has 0 aliphatic carbocycles. The zero-order valence-electron chi connectivity index (χ0n) is 46.4. The first-order valence-electron chi connectivity index (χ1n) is 26.3. The molecule has 22 nitrogen and oxygen atoms in total. The lowest BCUT2D eigenvalue weighted by Gasteiger charge is -2.42. The predicted octanol–water partition coefficient (Wildman–Crippen LogP) is 3.58. The number of likely N-dealkylation sites (tertiary alicyclic amines) is 1. The minimum atomic E-state index is -1.16. The fourth-order valence-corrected chi connectivity index (χ4v) is 9.27. The van der Waals surface area contributed by atoms with Crippen LogP contribution in [0, 0.1) is 23.7 Å². The number of hydrazine groups is 1. The number of carboxylic acid groups (broad SMARTS) is 1. The van der Waals surface area contributed by atoms with Gasteiger partial charge in [-0.05, 0) is 51.1 Å². The Labute approximate surface area is 444 Å². The number of methoxy groups -OCH3 is 2. The highest BCUT2D eigenvalue weighted by Crippen LogP contribution is 2.30. The highest BCUT2D eigenvalue weighted by Gasteiger charge is 2.43. The largest absolute Gasteiger partial charge is 0.480 e. The number of hydrogen-bond acceptors (Lipinski definition) is 15. The molecule has 1 saturated heterocycles. The van der Waals surface area contributed by atoms with Crippen LogP contribution < -0.4 is 16.1 Å². The summed E-state index contributed by atoms with van der Waals surface area (Å²) in [6.45, 7) is 15.8. The van der Waals surface area contributed by atoms with E-state index in [0.29, 0.717) is 71.4 Å². The number of nitrogens with zero attached hydrogens (tertiary/aromatic N) is 4. The van der Waals surface area contributed by atoms with Crippen LogP contribution in [0.4, 0.5) is 9.59 Å². The van der Waals surface area contributed by atoms with E-state index in [1.54, 1.807) is 57.0 Å². The minimum Gasteiger partial charge on any atom is -0.480 e. The fraction of sp³-hybridized carbons (Fsp3) is 0.736. The third-order valence-electron chi connectivity index (χ3n) is 13.6. The SMILES string of the molecule is CC[C@H](C)[C@@H]([C@@H](CC(=O)N1CCC[C@H]1[C@H](OC)[C@@H](C)C(=O)N[C@@H](Cc1ccccc1)C(=O)O)OC)N(C)C(=O)N(NC(=O)[C@H](C(C)C)N(C)CCOCCOCCOCCNC(=O)OCC(CC=O)CC=O)C(C)C. The van der Waals surface area contributed by atoms with Gasteiger partial charge in [-0.2, -0.15) is 0 Å². The molecule has 1 aromatic rings. The molecule has 22 heteroatoms. The van der Waals surface area contributed by atoms with E-state index in [0.717, 1.165) is 5.56 Å². The number of amides is 6. The molecule has 0 spiro atoms. The zero-order chi connectivity index (χ0) is 56.0. The molecule has 0 bridgehead atoms. The van der Waals surface area contributed by atoms with E-state index in [-0.39, 0.29) is 81.6 Å². The molecule has 4 N–H and O–H groups in total. The van der Waals surface area contributed by atoms with Crippen LogP contribution in [0.2, 0.25) is 0 Å². The van der Waals surface area contributed by atoms with E-state index in [4.69, 9.17) is 28.4 Å². The molecular formula is C53H89N7O15. The Kier molecular flexibility index (Phi) is 31.5. The van der Waals surface area contributed by atoms with E-state index < -0.39 is 72.3 Å². The number of carboxylic acids is 1.